The molecule has 0 aromatic carbocycles. The lowest BCUT2D eigenvalue weighted by atomic mass is 10.0. The van der Waals surface area contributed by atoms with Gasteiger partial charge in [0.05, 0.1) is 12.7 Å². The molecule has 0 bridgehead atoms. The summed E-state index contributed by atoms with van der Waals surface area (Å²) < 4.78 is 5.23. The molecule has 0 amide bonds. The van der Waals surface area contributed by atoms with E-state index in [1.807, 2.05) is 0 Å². The molecule has 0 N–H and O–H groups in total. The molecule has 2 saturated heterocycles. The molecule has 0 radical (unpaired) electrons. The van der Waals surface area contributed by atoms with Gasteiger partial charge in [0.25, 0.3) is 0 Å². The average molecular weight is 144 g/mol. The summed E-state index contributed by atoms with van der Waals surface area (Å²) >= 11 is 2.09. The summed E-state index contributed by atoms with van der Waals surface area (Å²) in [4.78, 5) is 0. The largest absolute Gasteiger partial charge is 0.373 e. The van der Waals surface area contributed by atoms with Gasteiger partial charge in [-0.15, -0.1) is 0 Å². The molecule has 0 aliphatic carbocycles. The molecule has 0 aromatic rings. The van der Waals surface area contributed by atoms with Crippen LogP contribution in [0, 0.1) is 5.92 Å². The topological polar surface area (TPSA) is 12.5 Å². The normalized spacial score (nSPS) is 42.7. The van der Waals surface area contributed by atoms with Gasteiger partial charge in [0.15, 0.2) is 0 Å². The van der Waals surface area contributed by atoms with Crippen molar-refractivity contribution in [2.45, 2.75) is 18.9 Å². The third-order valence-corrected chi connectivity index (χ3v) is 3.32. The molecular weight excluding hydrogens is 132 g/mol. The number of thioether (sulfide) groups is 1. The molecule has 52 valence electrons. The lowest BCUT2D eigenvalue weighted by Crippen LogP contribution is -2.15. The molecule has 9 heavy (non-hydrogen) atoms. The van der Waals surface area contributed by atoms with Gasteiger partial charge >= 0.3 is 0 Å². The van der Waals surface area contributed by atoms with Crippen LogP contribution in [0.1, 0.15) is 12.8 Å². The molecule has 0 saturated carbocycles. The SMILES string of the molecule is C1CSCC([C@@H]2CO2)C1. The van der Waals surface area contributed by atoms with Crippen molar-refractivity contribution in [3.8, 4) is 0 Å². The first kappa shape index (κ1) is 6.05. The molecule has 2 aliphatic rings. The van der Waals surface area contributed by atoms with Crippen molar-refractivity contribution >= 4 is 11.8 Å². The van der Waals surface area contributed by atoms with Gasteiger partial charge in [-0.1, -0.05) is 0 Å². The minimum atomic E-state index is 0.665. The second kappa shape index (κ2) is 2.51. The van der Waals surface area contributed by atoms with Gasteiger partial charge in [0.2, 0.25) is 0 Å². The highest BCUT2D eigenvalue weighted by Gasteiger charge is 2.33. The smallest absolute Gasteiger partial charge is 0.0845 e. The maximum absolute atomic E-state index is 5.23. The number of rotatable bonds is 1. The molecule has 0 aromatic heterocycles. The number of hydrogen-bond acceptors (Lipinski definition) is 2. The van der Waals surface area contributed by atoms with E-state index in [0.717, 1.165) is 12.5 Å². The van der Waals surface area contributed by atoms with Crippen LogP contribution in [-0.2, 0) is 4.74 Å². The third-order valence-electron chi connectivity index (χ3n) is 2.08. The minimum absolute atomic E-state index is 0.665. The van der Waals surface area contributed by atoms with E-state index < -0.39 is 0 Å². The van der Waals surface area contributed by atoms with Crippen molar-refractivity contribution in [1.82, 2.24) is 0 Å². The maximum Gasteiger partial charge on any atom is 0.0845 e. The molecule has 2 fully saturated rings. The van der Waals surface area contributed by atoms with Crippen LogP contribution in [0.2, 0.25) is 0 Å². The van der Waals surface area contributed by atoms with Crippen molar-refractivity contribution in [1.29, 1.82) is 0 Å². The summed E-state index contributed by atoms with van der Waals surface area (Å²) in [7, 11) is 0. The first-order chi connectivity index (χ1) is 4.47. The van der Waals surface area contributed by atoms with Crippen LogP contribution in [0.5, 0.6) is 0 Å². The fourth-order valence-electron chi connectivity index (χ4n) is 1.39. The van der Waals surface area contributed by atoms with Gasteiger partial charge in [-0.25, -0.2) is 0 Å². The van der Waals surface area contributed by atoms with Crippen molar-refractivity contribution < 1.29 is 4.74 Å². The van der Waals surface area contributed by atoms with Crippen molar-refractivity contribution in [2.75, 3.05) is 18.1 Å². The molecule has 2 aliphatic heterocycles. The van der Waals surface area contributed by atoms with Gasteiger partial charge < -0.3 is 4.74 Å². The fourth-order valence-corrected chi connectivity index (χ4v) is 2.61. The van der Waals surface area contributed by atoms with E-state index in [2.05, 4.69) is 11.8 Å². The minimum Gasteiger partial charge on any atom is -0.373 e. The number of hydrogen-bond donors (Lipinski definition) is 0. The Bertz CT molecular complexity index is 95.1. The fraction of sp³-hybridized carbons (Fsp3) is 1.00. The van der Waals surface area contributed by atoms with Crippen LogP contribution in [0.25, 0.3) is 0 Å². The summed E-state index contributed by atoms with van der Waals surface area (Å²) in [5.74, 6) is 3.64. The average Bonchev–Trinajstić information content (AvgIpc) is 2.71. The van der Waals surface area contributed by atoms with E-state index in [1.54, 1.807) is 0 Å². The molecule has 1 nitrogen and oxygen atoms in total. The molecule has 1 unspecified atom stereocenters. The molecule has 0 spiro atoms. The zero-order valence-electron chi connectivity index (χ0n) is 5.51. The van der Waals surface area contributed by atoms with E-state index in [9.17, 15) is 0 Å². The van der Waals surface area contributed by atoms with Gasteiger partial charge in [-0.3, -0.25) is 0 Å². The Balaban J connectivity index is 1.80. The molecule has 2 atom stereocenters. The highest BCUT2D eigenvalue weighted by molar-refractivity contribution is 7.99. The van der Waals surface area contributed by atoms with Crippen LogP contribution in [0.4, 0.5) is 0 Å². The van der Waals surface area contributed by atoms with Crippen molar-refractivity contribution in [3.63, 3.8) is 0 Å². The Morgan fingerprint density at radius 3 is 2.89 bits per heavy atom. The second-order valence-corrected chi connectivity index (χ2v) is 4.00. The predicted octanol–water partition coefficient (Wildman–Crippen LogP) is 1.53. The van der Waals surface area contributed by atoms with Gasteiger partial charge in [0, 0.05) is 0 Å². The first-order valence-electron chi connectivity index (χ1n) is 3.66. The van der Waals surface area contributed by atoms with E-state index in [1.165, 1.54) is 24.3 Å². The lowest BCUT2D eigenvalue weighted by Gasteiger charge is -2.18. The molecule has 2 rings (SSSR count). The Morgan fingerprint density at radius 1 is 1.44 bits per heavy atom. The number of ether oxygens (including phenoxy) is 1. The van der Waals surface area contributed by atoms with Crippen LogP contribution in [0.3, 0.4) is 0 Å². The monoisotopic (exact) mass is 144 g/mol. The Kier molecular flexibility index (Phi) is 1.68. The third kappa shape index (κ3) is 1.41. The Labute approximate surface area is 60.2 Å². The standard InChI is InChI=1S/C7H12OS/c1-2-6(5-9-3-1)7-4-8-7/h6-7H,1-5H2/t6?,7-/m0/s1. The van der Waals surface area contributed by atoms with Gasteiger partial charge in [-0.2, -0.15) is 11.8 Å². The van der Waals surface area contributed by atoms with Crippen molar-refractivity contribution in [2.24, 2.45) is 5.92 Å². The summed E-state index contributed by atoms with van der Waals surface area (Å²) in [6.07, 6.45) is 3.49. The quantitative estimate of drug-likeness (QED) is 0.517. The summed E-state index contributed by atoms with van der Waals surface area (Å²) in [5.41, 5.74) is 0. The van der Waals surface area contributed by atoms with E-state index in [-0.39, 0.29) is 0 Å². The molecular formula is C7H12OS. The first-order valence-corrected chi connectivity index (χ1v) is 4.81. The zero-order valence-corrected chi connectivity index (χ0v) is 6.32. The van der Waals surface area contributed by atoms with Gasteiger partial charge in [-0.05, 0) is 30.3 Å². The predicted molar refractivity (Wildman–Crippen MR) is 39.8 cm³/mol. The Hall–Kier alpha value is 0.310. The maximum atomic E-state index is 5.23. The lowest BCUT2D eigenvalue weighted by molar-refractivity contribution is 0.330. The number of epoxide rings is 1. The van der Waals surface area contributed by atoms with E-state index >= 15 is 0 Å². The zero-order chi connectivity index (χ0) is 6.10. The summed E-state index contributed by atoms with van der Waals surface area (Å²) in [6.45, 7) is 1.05. The van der Waals surface area contributed by atoms with Crippen molar-refractivity contribution in [3.05, 3.63) is 0 Å². The Morgan fingerprint density at radius 2 is 2.33 bits per heavy atom. The van der Waals surface area contributed by atoms with Crippen LogP contribution >= 0.6 is 11.8 Å². The summed E-state index contributed by atoms with van der Waals surface area (Å²) in [5, 5.41) is 0. The van der Waals surface area contributed by atoms with Crippen LogP contribution < -0.4 is 0 Å². The second-order valence-electron chi connectivity index (χ2n) is 2.85. The highest BCUT2D eigenvalue weighted by Crippen LogP contribution is 2.31. The van der Waals surface area contributed by atoms with Gasteiger partial charge in [0.1, 0.15) is 0 Å². The molecule has 2 heterocycles. The van der Waals surface area contributed by atoms with Crippen LogP contribution in [-0.4, -0.2) is 24.2 Å². The van der Waals surface area contributed by atoms with E-state index in [0.29, 0.717) is 6.10 Å². The van der Waals surface area contributed by atoms with Crippen LogP contribution in [0.15, 0.2) is 0 Å². The molecule has 2 heteroatoms. The highest BCUT2D eigenvalue weighted by atomic mass is 32.2. The van der Waals surface area contributed by atoms with E-state index in [4.69, 9.17) is 4.74 Å². The summed E-state index contributed by atoms with van der Waals surface area (Å²) in [6, 6.07) is 0.